The summed E-state index contributed by atoms with van der Waals surface area (Å²) in [6.07, 6.45) is 0. The minimum absolute atomic E-state index is 0.103. The van der Waals surface area contributed by atoms with E-state index in [4.69, 9.17) is 23.2 Å². The molecule has 0 atom stereocenters. The van der Waals surface area contributed by atoms with Crippen molar-refractivity contribution in [2.75, 3.05) is 0 Å². The lowest BCUT2D eigenvalue weighted by atomic mass is 10.4. The Morgan fingerprint density at radius 3 is 2.57 bits per heavy atom. The molecule has 2 heterocycles. The minimum atomic E-state index is 0.103. The molecule has 0 spiro atoms. The van der Waals surface area contributed by atoms with Gasteiger partial charge in [-0.2, -0.15) is 4.98 Å². The summed E-state index contributed by atoms with van der Waals surface area (Å²) in [4.78, 5) is 7.80. The van der Waals surface area contributed by atoms with Gasteiger partial charge in [0.25, 0.3) is 0 Å². The van der Waals surface area contributed by atoms with Gasteiger partial charge in [0, 0.05) is 0 Å². The first-order chi connectivity index (χ1) is 6.59. The lowest BCUT2D eigenvalue weighted by Crippen LogP contribution is -2.04. The smallest absolute Gasteiger partial charge is 0.224 e. The van der Waals surface area contributed by atoms with Crippen molar-refractivity contribution in [3.8, 4) is 0 Å². The number of fused-ring (bicyclic) bond motifs is 1. The molecule has 2 aromatic heterocycles. The van der Waals surface area contributed by atoms with Crippen LogP contribution < -0.4 is 0 Å². The van der Waals surface area contributed by atoms with Gasteiger partial charge in [-0.3, -0.25) is 0 Å². The molecule has 0 amide bonds. The van der Waals surface area contributed by atoms with Crippen molar-refractivity contribution in [2.45, 2.75) is 19.9 Å². The highest BCUT2D eigenvalue weighted by molar-refractivity contribution is 6.35. The van der Waals surface area contributed by atoms with Crippen LogP contribution in [-0.4, -0.2) is 25.0 Å². The van der Waals surface area contributed by atoms with Gasteiger partial charge >= 0.3 is 0 Å². The summed E-state index contributed by atoms with van der Waals surface area (Å²) in [7, 11) is 0. The van der Waals surface area contributed by atoms with Crippen molar-refractivity contribution in [1.82, 2.24) is 25.0 Å². The van der Waals surface area contributed by atoms with Gasteiger partial charge < -0.3 is 0 Å². The Labute approximate surface area is 90.0 Å². The van der Waals surface area contributed by atoms with Crippen molar-refractivity contribution in [3.05, 3.63) is 10.4 Å². The summed E-state index contributed by atoms with van der Waals surface area (Å²) in [6.45, 7) is 3.94. The Morgan fingerprint density at radius 1 is 1.21 bits per heavy atom. The maximum absolute atomic E-state index is 5.83. The maximum atomic E-state index is 5.83. The monoisotopic (exact) mass is 231 g/mol. The van der Waals surface area contributed by atoms with Gasteiger partial charge in [-0.15, -0.1) is 5.10 Å². The predicted octanol–water partition coefficient (Wildman–Crippen LogP) is 2.11. The summed E-state index contributed by atoms with van der Waals surface area (Å²) in [5.74, 6) is 0. The maximum Gasteiger partial charge on any atom is 0.225 e. The summed E-state index contributed by atoms with van der Waals surface area (Å²) in [5.41, 5.74) is 1.04. The fraction of sp³-hybridized carbons (Fsp3) is 0.429. The second kappa shape index (κ2) is 3.33. The number of aromatic nitrogens is 5. The van der Waals surface area contributed by atoms with Crippen LogP contribution in [0, 0.1) is 0 Å². The van der Waals surface area contributed by atoms with Crippen LogP contribution in [0.15, 0.2) is 0 Å². The van der Waals surface area contributed by atoms with E-state index in [1.54, 1.807) is 4.68 Å². The zero-order valence-electron chi connectivity index (χ0n) is 7.57. The van der Waals surface area contributed by atoms with E-state index in [0.717, 1.165) is 0 Å². The third kappa shape index (κ3) is 1.42. The molecule has 0 radical (unpaired) electrons. The SMILES string of the molecule is CC(C)n1nnc2c(Cl)nc(Cl)nc21. The van der Waals surface area contributed by atoms with Crippen LogP contribution in [0.5, 0.6) is 0 Å². The van der Waals surface area contributed by atoms with Gasteiger partial charge in [0.15, 0.2) is 16.3 Å². The van der Waals surface area contributed by atoms with E-state index < -0.39 is 0 Å². The summed E-state index contributed by atoms with van der Waals surface area (Å²) >= 11 is 11.5. The van der Waals surface area contributed by atoms with E-state index in [9.17, 15) is 0 Å². The molecule has 0 aliphatic heterocycles. The Balaban J connectivity index is 2.78. The fourth-order valence-electron chi connectivity index (χ4n) is 1.12. The van der Waals surface area contributed by atoms with Crippen molar-refractivity contribution < 1.29 is 0 Å². The Bertz CT molecular complexity index is 478. The molecule has 2 rings (SSSR count). The molecule has 0 saturated carbocycles. The van der Waals surface area contributed by atoms with Crippen molar-refractivity contribution in [2.24, 2.45) is 0 Å². The Kier molecular flexibility index (Phi) is 2.28. The standard InChI is InChI=1S/C7H7Cl2N5/c1-3(2)14-6-4(12-13-14)5(8)10-7(9)11-6/h3H,1-2H3. The van der Waals surface area contributed by atoms with Crippen molar-refractivity contribution in [1.29, 1.82) is 0 Å². The predicted molar refractivity (Wildman–Crippen MR) is 53.5 cm³/mol. The van der Waals surface area contributed by atoms with Crippen LogP contribution in [-0.2, 0) is 0 Å². The Morgan fingerprint density at radius 2 is 1.93 bits per heavy atom. The van der Waals surface area contributed by atoms with Gasteiger partial charge in [-0.1, -0.05) is 16.8 Å². The van der Waals surface area contributed by atoms with Crippen LogP contribution in [0.25, 0.3) is 11.2 Å². The number of hydrogen-bond donors (Lipinski definition) is 0. The van der Waals surface area contributed by atoms with Crippen molar-refractivity contribution >= 4 is 34.4 Å². The second-order valence-electron chi connectivity index (χ2n) is 3.08. The number of halogens is 2. The average Bonchev–Trinajstić information content (AvgIpc) is 2.47. The molecular weight excluding hydrogens is 225 g/mol. The first kappa shape index (κ1) is 9.61. The summed E-state index contributed by atoms with van der Waals surface area (Å²) in [6, 6.07) is 0.155. The fourth-order valence-corrected chi connectivity index (χ4v) is 1.53. The summed E-state index contributed by atoms with van der Waals surface area (Å²) < 4.78 is 1.65. The molecule has 0 saturated heterocycles. The lowest BCUT2D eigenvalue weighted by Gasteiger charge is -2.03. The first-order valence-corrected chi connectivity index (χ1v) is 4.79. The number of rotatable bonds is 1. The topological polar surface area (TPSA) is 56.5 Å². The number of hydrogen-bond acceptors (Lipinski definition) is 4. The van der Waals surface area contributed by atoms with Gasteiger partial charge in [-0.25, -0.2) is 9.67 Å². The molecule has 0 bridgehead atoms. The molecular formula is C7H7Cl2N5. The van der Waals surface area contributed by atoms with Crippen LogP contribution in [0.1, 0.15) is 19.9 Å². The molecule has 0 aliphatic carbocycles. The molecule has 0 aromatic carbocycles. The number of nitrogens with zero attached hydrogens (tertiary/aromatic N) is 5. The normalized spacial score (nSPS) is 11.5. The van der Waals surface area contributed by atoms with E-state index in [1.165, 1.54) is 0 Å². The van der Waals surface area contributed by atoms with Gasteiger partial charge in [-0.05, 0) is 25.4 Å². The molecule has 5 nitrogen and oxygen atoms in total. The quantitative estimate of drug-likeness (QED) is 0.558. The highest BCUT2D eigenvalue weighted by Gasteiger charge is 2.13. The molecule has 0 fully saturated rings. The zero-order valence-corrected chi connectivity index (χ0v) is 9.08. The first-order valence-electron chi connectivity index (χ1n) is 4.03. The largest absolute Gasteiger partial charge is 0.225 e. The highest BCUT2D eigenvalue weighted by Crippen LogP contribution is 2.21. The molecule has 0 N–H and O–H groups in total. The molecule has 2 aromatic rings. The van der Waals surface area contributed by atoms with Gasteiger partial charge in [0.05, 0.1) is 6.04 Å². The van der Waals surface area contributed by atoms with Crippen molar-refractivity contribution in [3.63, 3.8) is 0 Å². The molecule has 7 heteroatoms. The third-order valence-corrected chi connectivity index (χ3v) is 2.18. The van der Waals surface area contributed by atoms with Crippen LogP contribution in [0.3, 0.4) is 0 Å². The third-order valence-electron chi connectivity index (χ3n) is 1.74. The zero-order chi connectivity index (χ0) is 10.3. The van der Waals surface area contributed by atoms with E-state index in [2.05, 4.69) is 20.3 Å². The van der Waals surface area contributed by atoms with E-state index in [-0.39, 0.29) is 16.5 Å². The minimum Gasteiger partial charge on any atom is -0.224 e. The van der Waals surface area contributed by atoms with Crippen LogP contribution in [0.2, 0.25) is 10.4 Å². The van der Waals surface area contributed by atoms with Gasteiger partial charge in [0.2, 0.25) is 5.28 Å². The van der Waals surface area contributed by atoms with E-state index >= 15 is 0 Å². The van der Waals surface area contributed by atoms with E-state index in [1.807, 2.05) is 13.8 Å². The molecule has 0 aliphatic rings. The van der Waals surface area contributed by atoms with Crippen LogP contribution in [0.4, 0.5) is 0 Å². The average molecular weight is 232 g/mol. The molecule has 74 valence electrons. The lowest BCUT2D eigenvalue weighted by molar-refractivity contribution is 0.526. The molecule has 0 unspecified atom stereocenters. The highest BCUT2D eigenvalue weighted by atomic mass is 35.5. The Hall–Kier alpha value is -0.940. The summed E-state index contributed by atoms with van der Waals surface area (Å²) in [5, 5.41) is 8.13. The van der Waals surface area contributed by atoms with Crippen LogP contribution >= 0.6 is 23.2 Å². The van der Waals surface area contributed by atoms with Gasteiger partial charge in [0.1, 0.15) is 0 Å². The second-order valence-corrected chi connectivity index (χ2v) is 3.78. The van der Waals surface area contributed by atoms with E-state index in [0.29, 0.717) is 11.2 Å². The molecule has 14 heavy (non-hydrogen) atoms.